The molecule has 1 saturated heterocycles. The minimum atomic E-state index is -0.326. The monoisotopic (exact) mass is 396 g/mol. The first-order valence-corrected chi connectivity index (χ1v) is 9.78. The molecule has 0 saturated carbocycles. The van der Waals surface area contributed by atoms with Gasteiger partial charge < -0.3 is 20.4 Å². The second-order valence-electron chi connectivity index (χ2n) is 7.47. The van der Waals surface area contributed by atoms with Crippen molar-refractivity contribution in [1.29, 1.82) is 0 Å². The lowest BCUT2D eigenvalue weighted by Crippen LogP contribution is -2.47. The number of aryl methyl sites for hydroxylation is 1. The molecule has 1 unspecified atom stereocenters. The highest BCUT2D eigenvalue weighted by Gasteiger charge is 2.25. The lowest BCUT2D eigenvalue weighted by Gasteiger charge is -2.35. The maximum Gasteiger partial charge on any atom is 0.274 e. The SMILES string of the molecule is CNc1nc(C)cc(C(=O)Nc2ccc(C(=O)N(C)C3CCCN(C)C3)cc2)n1. The fourth-order valence-electron chi connectivity index (χ4n) is 3.51. The first-order chi connectivity index (χ1) is 13.9. The number of nitrogens with zero attached hydrogens (tertiary/aromatic N) is 4. The third kappa shape index (κ3) is 5.08. The van der Waals surface area contributed by atoms with E-state index >= 15 is 0 Å². The molecule has 1 aliphatic heterocycles. The molecular formula is C21H28N6O2. The summed E-state index contributed by atoms with van der Waals surface area (Å²) in [5, 5.41) is 5.65. The summed E-state index contributed by atoms with van der Waals surface area (Å²) in [7, 11) is 5.65. The second kappa shape index (κ2) is 9.00. The average molecular weight is 396 g/mol. The van der Waals surface area contributed by atoms with Crippen molar-refractivity contribution in [2.24, 2.45) is 0 Å². The van der Waals surface area contributed by atoms with E-state index < -0.39 is 0 Å². The van der Waals surface area contributed by atoms with Crippen LogP contribution in [0, 0.1) is 6.92 Å². The Kier molecular flexibility index (Phi) is 6.43. The van der Waals surface area contributed by atoms with Gasteiger partial charge in [0.25, 0.3) is 11.8 Å². The number of piperidine rings is 1. The van der Waals surface area contributed by atoms with Gasteiger partial charge in [-0.1, -0.05) is 0 Å². The summed E-state index contributed by atoms with van der Waals surface area (Å²) >= 11 is 0. The Hall–Kier alpha value is -3.00. The van der Waals surface area contributed by atoms with Gasteiger partial charge in [-0.15, -0.1) is 0 Å². The molecule has 1 aliphatic rings. The molecule has 0 aliphatic carbocycles. The topological polar surface area (TPSA) is 90.5 Å². The van der Waals surface area contributed by atoms with Crippen molar-refractivity contribution in [3.8, 4) is 0 Å². The molecule has 1 aromatic heterocycles. The van der Waals surface area contributed by atoms with E-state index in [1.54, 1.807) is 44.3 Å². The standard InChI is InChI=1S/C21H28N6O2/c1-14-12-18(25-21(22-2)23-14)19(28)24-16-9-7-15(8-10-16)20(29)27(4)17-6-5-11-26(3)13-17/h7-10,12,17H,5-6,11,13H2,1-4H3,(H,24,28)(H,22,23,25). The van der Waals surface area contributed by atoms with Crippen molar-refractivity contribution in [2.75, 3.05) is 44.9 Å². The number of rotatable bonds is 5. The van der Waals surface area contributed by atoms with Crippen LogP contribution in [0.25, 0.3) is 0 Å². The van der Waals surface area contributed by atoms with Crippen molar-refractivity contribution in [2.45, 2.75) is 25.8 Å². The van der Waals surface area contributed by atoms with E-state index in [1.165, 1.54) is 0 Å². The van der Waals surface area contributed by atoms with Crippen LogP contribution in [-0.2, 0) is 0 Å². The van der Waals surface area contributed by atoms with Crippen LogP contribution in [0.1, 0.15) is 39.4 Å². The Labute approximate surface area is 171 Å². The molecular weight excluding hydrogens is 368 g/mol. The Bertz CT molecular complexity index is 883. The van der Waals surface area contributed by atoms with Gasteiger partial charge in [-0.05, 0) is 63.7 Å². The van der Waals surface area contributed by atoms with Gasteiger partial charge in [0.15, 0.2) is 0 Å². The molecule has 154 valence electrons. The van der Waals surface area contributed by atoms with E-state index in [1.807, 2.05) is 11.9 Å². The maximum absolute atomic E-state index is 12.8. The van der Waals surface area contributed by atoms with Crippen molar-refractivity contribution in [3.63, 3.8) is 0 Å². The van der Waals surface area contributed by atoms with Gasteiger partial charge in [0, 0.05) is 43.6 Å². The van der Waals surface area contributed by atoms with Crippen LogP contribution in [0.15, 0.2) is 30.3 Å². The molecule has 0 bridgehead atoms. The highest BCUT2D eigenvalue weighted by Crippen LogP contribution is 2.18. The van der Waals surface area contributed by atoms with Gasteiger partial charge in [0.2, 0.25) is 5.95 Å². The van der Waals surface area contributed by atoms with Gasteiger partial charge >= 0.3 is 0 Å². The summed E-state index contributed by atoms with van der Waals surface area (Å²) in [5.74, 6) is 0.0641. The molecule has 2 amide bonds. The Morgan fingerprint density at radius 1 is 1.21 bits per heavy atom. The van der Waals surface area contributed by atoms with E-state index in [0.717, 1.165) is 25.9 Å². The largest absolute Gasteiger partial charge is 0.357 e. The van der Waals surface area contributed by atoms with E-state index in [4.69, 9.17) is 0 Å². The van der Waals surface area contributed by atoms with Crippen molar-refractivity contribution >= 4 is 23.5 Å². The maximum atomic E-state index is 12.8. The van der Waals surface area contributed by atoms with Crippen LogP contribution >= 0.6 is 0 Å². The number of benzene rings is 1. The number of nitrogens with one attached hydrogen (secondary N) is 2. The zero-order valence-corrected chi connectivity index (χ0v) is 17.4. The van der Waals surface area contributed by atoms with Crippen LogP contribution in [0.3, 0.4) is 0 Å². The third-order valence-electron chi connectivity index (χ3n) is 5.17. The Morgan fingerprint density at radius 2 is 1.93 bits per heavy atom. The molecule has 1 fully saturated rings. The predicted molar refractivity (Wildman–Crippen MR) is 113 cm³/mol. The summed E-state index contributed by atoms with van der Waals surface area (Å²) in [6.07, 6.45) is 2.12. The zero-order chi connectivity index (χ0) is 21.0. The molecule has 2 aromatic rings. The third-order valence-corrected chi connectivity index (χ3v) is 5.17. The summed E-state index contributed by atoms with van der Waals surface area (Å²) in [6, 6.07) is 8.81. The number of carbonyl (C=O) groups is 2. The summed E-state index contributed by atoms with van der Waals surface area (Å²) in [6.45, 7) is 3.78. The van der Waals surface area contributed by atoms with Gasteiger partial charge in [-0.3, -0.25) is 9.59 Å². The Morgan fingerprint density at radius 3 is 2.59 bits per heavy atom. The minimum absolute atomic E-state index is 0.00624. The average Bonchev–Trinajstić information content (AvgIpc) is 2.72. The van der Waals surface area contributed by atoms with Crippen LogP contribution in [-0.4, -0.2) is 71.9 Å². The van der Waals surface area contributed by atoms with Gasteiger partial charge in [0.1, 0.15) is 5.69 Å². The van der Waals surface area contributed by atoms with Gasteiger partial charge in [-0.2, -0.15) is 0 Å². The number of hydrogen-bond acceptors (Lipinski definition) is 6. The van der Waals surface area contributed by atoms with Crippen LogP contribution < -0.4 is 10.6 Å². The van der Waals surface area contributed by atoms with Gasteiger partial charge in [-0.25, -0.2) is 9.97 Å². The minimum Gasteiger partial charge on any atom is -0.357 e. The first kappa shape index (κ1) is 20.7. The number of aromatic nitrogens is 2. The highest BCUT2D eigenvalue weighted by atomic mass is 16.2. The normalized spacial score (nSPS) is 16.9. The molecule has 8 nitrogen and oxygen atoms in total. The van der Waals surface area contributed by atoms with Gasteiger partial charge in [0.05, 0.1) is 0 Å². The number of likely N-dealkylation sites (N-methyl/N-ethyl adjacent to an activating group) is 2. The molecule has 0 radical (unpaired) electrons. The number of anilines is 2. The number of amides is 2. The summed E-state index contributed by atoms with van der Waals surface area (Å²) < 4.78 is 0. The fraction of sp³-hybridized carbons (Fsp3) is 0.429. The second-order valence-corrected chi connectivity index (χ2v) is 7.47. The Balaban J connectivity index is 1.66. The van der Waals surface area contributed by atoms with Crippen molar-refractivity contribution in [1.82, 2.24) is 19.8 Å². The zero-order valence-electron chi connectivity index (χ0n) is 17.4. The van der Waals surface area contributed by atoms with Crippen molar-refractivity contribution in [3.05, 3.63) is 47.3 Å². The van der Waals surface area contributed by atoms with Crippen LogP contribution in [0.4, 0.5) is 11.6 Å². The highest BCUT2D eigenvalue weighted by molar-refractivity contribution is 6.03. The van der Waals surface area contributed by atoms with Crippen LogP contribution in [0.5, 0.6) is 0 Å². The fourth-order valence-corrected chi connectivity index (χ4v) is 3.51. The van der Waals surface area contributed by atoms with Crippen LogP contribution in [0.2, 0.25) is 0 Å². The van der Waals surface area contributed by atoms with E-state index in [-0.39, 0.29) is 23.6 Å². The number of carbonyl (C=O) groups excluding carboxylic acids is 2. The molecule has 3 rings (SSSR count). The molecule has 8 heteroatoms. The van der Waals surface area contributed by atoms with E-state index in [2.05, 4.69) is 32.5 Å². The lowest BCUT2D eigenvalue weighted by atomic mass is 10.0. The van der Waals surface area contributed by atoms with E-state index in [0.29, 0.717) is 22.9 Å². The molecule has 1 aromatic carbocycles. The smallest absolute Gasteiger partial charge is 0.274 e. The number of hydrogen-bond donors (Lipinski definition) is 2. The first-order valence-electron chi connectivity index (χ1n) is 9.78. The molecule has 2 heterocycles. The summed E-state index contributed by atoms with van der Waals surface area (Å²) in [5.41, 5.74) is 2.19. The lowest BCUT2D eigenvalue weighted by molar-refractivity contribution is 0.0644. The predicted octanol–water partition coefficient (Wildman–Crippen LogP) is 2.25. The molecule has 2 N–H and O–H groups in total. The number of likely N-dealkylation sites (tertiary alicyclic amines) is 1. The molecule has 0 spiro atoms. The van der Waals surface area contributed by atoms with Crippen molar-refractivity contribution < 1.29 is 9.59 Å². The summed E-state index contributed by atoms with van der Waals surface area (Å²) in [4.78, 5) is 37.7. The molecule has 29 heavy (non-hydrogen) atoms. The van der Waals surface area contributed by atoms with E-state index in [9.17, 15) is 9.59 Å². The molecule has 1 atom stereocenters. The quantitative estimate of drug-likeness (QED) is 0.806.